The lowest BCUT2D eigenvalue weighted by atomic mass is 9.83. The van der Waals surface area contributed by atoms with Crippen LogP contribution in [0.2, 0.25) is 0 Å². The Kier molecular flexibility index (Phi) is 6.10. The van der Waals surface area contributed by atoms with Gasteiger partial charge in [-0.3, -0.25) is 4.79 Å². The van der Waals surface area contributed by atoms with Crippen LogP contribution in [-0.2, 0) is 16.0 Å². The summed E-state index contributed by atoms with van der Waals surface area (Å²) in [7, 11) is 0. The lowest BCUT2D eigenvalue weighted by Gasteiger charge is -2.36. The predicted octanol–water partition coefficient (Wildman–Crippen LogP) is 3.31. The van der Waals surface area contributed by atoms with Crippen molar-refractivity contribution < 1.29 is 14.8 Å². The largest absolute Gasteiger partial charge is 0.459 e. The van der Waals surface area contributed by atoms with Crippen molar-refractivity contribution in [3.05, 3.63) is 71.8 Å². The minimum atomic E-state index is -0.422. The monoisotopic (exact) mass is 352 g/mol. The number of nitrogens with two attached hydrogens (primary N) is 1. The summed E-state index contributed by atoms with van der Waals surface area (Å²) in [6.07, 6.45) is 2.88. The van der Waals surface area contributed by atoms with Gasteiger partial charge in [-0.15, -0.1) is 0 Å². The van der Waals surface area contributed by atoms with Gasteiger partial charge in [-0.1, -0.05) is 60.7 Å². The van der Waals surface area contributed by atoms with E-state index in [9.17, 15) is 4.79 Å². The molecule has 1 saturated heterocycles. The number of quaternary nitrogens is 1. The molecule has 0 aliphatic carbocycles. The standard InChI is InChI=1S/C23H29NO2/c1-23(2,20-13-15-24-16-14-20)26-22(25)21(19-11-7-4-8-12-19)17-18-9-5-3-6-10-18/h3-12,20-21,24H,13-17H2,1-2H3/p+1. The first-order valence-corrected chi connectivity index (χ1v) is 9.69. The number of rotatable bonds is 6. The molecular formula is C23H30NO2+. The number of ether oxygens (including phenoxy) is 1. The van der Waals surface area contributed by atoms with Crippen molar-refractivity contribution in [3.63, 3.8) is 0 Å². The summed E-state index contributed by atoms with van der Waals surface area (Å²) in [6.45, 7) is 6.40. The Balaban J connectivity index is 1.78. The van der Waals surface area contributed by atoms with E-state index in [-0.39, 0.29) is 11.9 Å². The number of carbonyl (C=O) groups is 1. The number of esters is 1. The fourth-order valence-electron chi connectivity index (χ4n) is 3.91. The van der Waals surface area contributed by atoms with Crippen molar-refractivity contribution in [1.29, 1.82) is 0 Å². The van der Waals surface area contributed by atoms with Crippen LogP contribution < -0.4 is 5.32 Å². The Hall–Kier alpha value is -2.13. The molecule has 138 valence electrons. The van der Waals surface area contributed by atoms with Crippen molar-refractivity contribution in [3.8, 4) is 0 Å². The van der Waals surface area contributed by atoms with Crippen LogP contribution >= 0.6 is 0 Å². The van der Waals surface area contributed by atoms with Crippen molar-refractivity contribution in [1.82, 2.24) is 0 Å². The lowest BCUT2D eigenvalue weighted by molar-refractivity contribution is -0.665. The van der Waals surface area contributed by atoms with Crippen LogP contribution in [0.15, 0.2) is 60.7 Å². The third kappa shape index (κ3) is 4.73. The zero-order valence-corrected chi connectivity index (χ0v) is 15.9. The maximum absolute atomic E-state index is 13.2. The van der Waals surface area contributed by atoms with E-state index in [4.69, 9.17) is 4.74 Å². The van der Waals surface area contributed by atoms with E-state index in [0.717, 1.165) is 37.1 Å². The molecule has 0 amide bonds. The highest BCUT2D eigenvalue weighted by molar-refractivity contribution is 5.79. The minimum absolute atomic E-state index is 0.111. The molecular weight excluding hydrogens is 322 g/mol. The normalized spacial score (nSPS) is 16.8. The quantitative estimate of drug-likeness (QED) is 0.811. The summed E-state index contributed by atoms with van der Waals surface area (Å²) in [4.78, 5) is 13.2. The second-order valence-corrected chi connectivity index (χ2v) is 7.82. The highest BCUT2D eigenvalue weighted by Crippen LogP contribution is 2.31. The summed E-state index contributed by atoms with van der Waals surface area (Å²) < 4.78 is 6.11. The highest BCUT2D eigenvalue weighted by Gasteiger charge is 2.37. The minimum Gasteiger partial charge on any atom is -0.459 e. The molecule has 2 aromatic carbocycles. The van der Waals surface area contributed by atoms with Crippen molar-refractivity contribution >= 4 is 5.97 Å². The Bertz CT molecular complexity index is 691. The number of benzene rings is 2. The van der Waals surface area contributed by atoms with Crippen LogP contribution in [0.5, 0.6) is 0 Å². The fourth-order valence-corrected chi connectivity index (χ4v) is 3.91. The topological polar surface area (TPSA) is 42.9 Å². The number of piperidine rings is 1. The first-order valence-electron chi connectivity index (χ1n) is 9.69. The van der Waals surface area contributed by atoms with Crippen LogP contribution in [0.4, 0.5) is 0 Å². The first kappa shape index (κ1) is 18.7. The van der Waals surface area contributed by atoms with Crippen molar-refractivity contribution in [2.45, 2.75) is 44.6 Å². The lowest BCUT2D eigenvalue weighted by Crippen LogP contribution is -2.86. The van der Waals surface area contributed by atoms with E-state index in [0.29, 0.717) is 12.3 Å². The van der Waals surface area contributed by atoms with Gasteiger partial charge in [0.1, 0.15) is 5.60 Å². The average Bonchev–Trinajstić information content (AvgIpc) is 2.68. The summed E-state index contributed by atoms with van der Waals surface area (Å²) in [5.41, 5.74) is 1.76. The summed E-state index contributed by atoms with van der Waals surface area (Å²) in [5.74, 6) is 0.0530. The van der Waals surface area contributed by atoms with E-state index in [1.165, 1.54) is 0 Å². The van der Waals surface area contributed by atoms with E-state index in [1.807, 2.05) is 48.5 Å². The molecule has 1 unspecified atom stereocenters. The Labute approximate surface area is 156 Å². The molecule has 3 heteroatoms. The maximum Gasteiger partial charge on any atom is 0.314 e. The number of hydrogen-bond acceptors (Lipinski definition) is 2. The highest BCUT2D eigenvalue weighted by atomic mass is 16.6. The Morgan fingerprint density at radius 2 is 1.62 bits per heavy atom. The third-order valence-electron chi connectivity index (χ3n) is 5.55. The Morgan fingerprint density at radius 3 is 2.23 bits per heavy atom. The molecule has 26 heavy (non-hydrogen) atoms. The average molecular weight is 352 g/mol. The molecule has 0 spiro atoms. The van der Waals surface area contributed by atoms with Crippen LogP contribution in [0.1, 0.15) is 43.7 Å². The summed E-state index contributed by atoms with van der Waals surface area (Å²) in [5, 5.41) is 2.34. The second-order valence-electron chi connectivity index (χ2n) is 7.82. The molecule has 1 fully saturated rings. The predicted molar refractivity (Wildman–Crippen MR) is 104 cm³/mol. The van der Waals surface area contributed by atoms with Crippen molar-refractivity contribution in [2.75, 3.05) is 13.1 Å². The molecule has 2 aromatic rings. The molecule has 2 N–H and O–H groups in total. The van der Waals surface area contributed by atoms with Gasteiger partial charge >= 0.3 is 5.97 Å². The molecule has 0 bridgehead atoms. The smallest absolute Gasteiger partial charge is 0.314 e. The molecule has 1 aliphatic heterocycles. The molecule has 1 aliphatic rings. The number of carbonyl (C=O) groups excluding carboxylic acids is 1. The molecule has 0 radical (unpaired) electrons. The van der Waals surface area contributed by atoms with Crippen LogP contribution in [0.3, 0.4) is 0 Å². The van der Waals surface area contributed by atoms with Crippen molar-refractivity contribution in [2.24, 2.45) is 5.92 Å². The molecule has 3 rings (SSSR count). The van der Waals surface area contributed by atoms with Gasteiger partial charge in [0.15, 0.2) is 0 Å². The summed E-state index contributed by atoms with van der Waals surface area (Å²) in [6, 6.07) is 20.2. The van der Waals surface area contributed by atoms with Gasteiger partial charge in [0.2, 0.25) is 0 Å². The maximum atomic E-state index is 13.2. The van der Waals surface area contributed by atoms with E-state index in [1.54, 1.807) is 0 Å². The van der Waals surface area contributed by atoms with Gasteiger partial charge in [-0.2, -0.15) is 0 Å². The summed E-state index contributed by atoms with van der Waals surface area (Å²) >= 11 is 0. The third-order valence-corrected chi connectivity index (χ3v) is 5.55. The second kappa shape index (κ2) is 8.50. The van der Waals surface area contributed by atoms with Gasteiger partial charge in [-0.25, -0.2) is 0 Å². The van der Waals surface area contributed by atoms with Gasteiger partial charge in [0, 0.05) is 18.8 Å². The molecule has 1 heterocycles. The molecule has 0 aromatic heterocycles. The first-order chi connectivity index (χ1) is 12.6. The molecule has 1 atom stereocenters. The molecule has 3 nitrogen and oxygen atoms in total. The fraction of sp³-hybridized carbons (Fsp3) is 0.435. The Morgan fingerprint density at radius 1 is 1.04 bits per heavy atom. The van der Waals surface area contributed by atoms with Gasteiger partial charge < -0.3 is 10.1 Å². The van der Waals surface area contributed by atoms with E-state index in [2.05, 4.69) is 31.3 Å². The van der Waals surface area contributed by atoms with Gasteiger partial charge in [0.25, 0.3) is 0 Å². The zero-order chi connectivity index (χ0) is 18.4. The van der Waals surface area contributed by atoms with Gasteiger partial charge in [-0.05, 0) is 31.4 Å². The van der Waals surface area contributed by atoms with Crippen LogP contribution in [0.25, 0.3) is 0 Å². The van der Waals surface area contributed by atoms with E-state index < -0.39 is 5.60 Å². The molecule has 0 saturated carbocycles. The zero-order valence-electron chi connectivity index (χ0n) is 15.9. The SMILES string of the molecule is CC(C)(OC(=O)C(Cc1ccccc1)c1ccccc1)C1CC[NH2+]CC1. The van der Waals surface area contributed by atoms with E-state index >= 15 is 0 Å². The van der Waals surface area contributed by atoms with Gasteiger partial charge in [0.05, 0.1) is 19.0 Å². The van der Waals surface area contributed by atoms with Crippen LogP contribution in [-0.4, -0.2) is 24.7 Å². The number of hydrogen-bond donors (Lipinski definition) is 1. The van der Waals surface area contributed by atoms with Crippen LogP contribution in [0, 0.1) is 5.92 Å².